The van der Waals surface area contributed by atoms with E-state index >= 15 is 0 Å². The second-order valence-corrected chi connectivity index (χ2v) is 8.98. The van der Waals surface area contributed by atoms with Crippen molar-refractivity contribution < 1.29 is 14.4 Å². The second-order valence-electron chi connectivity index (χ2n) is 7.97. The number of pyridine rings is 1. The van der Waals surface area contributed by atoms with Crippen molar-refractivity contribution in [3.8, 4) is 0 Å². The number of hydrogen-bond donors (Lipinski definition) is 0. The fourth-order valence-electron chi connectivity index (χ4n) is 3.99. The summed E-state index contributed by atoms with van der Waals surface area (Å²) in [5.41, 5.74) is 4.29. The van der Waals surface area contributed by atoms with Crippen LogP contribution in [0.2, 0.25) is 0 Å². The lowest BCUT2D eigenvalue weighted by atomic mass is 10.1. The third kappa shape index (κ3) is 3.78. The first-order chi connectivity index (χ1) is 15.9. The van der Waals surface area contributed by atoms with Crippen LogP contribution in [0.3, 0.4) is 0 Å². The number of imide groups is 1. The average molecular weight is 457 g/mol. The van der Waals surface area contributed by atoms with E-state index in [0.717, 1.165) is 26.2 Å². The van der Waals surface area contributed by atoms with Gasteiger partial charge in [-0.3, -0.25) is 29.2 Å². The first-order valence-electron chi connectivity index (χ1n) is 10.5. The highest BCUT2D eigenvalue weighted by atomic mass is 32.1. The highest BCUT2D eigenvalue weighted by Crippen LogP contribution is 2.33. The third-order valence-electron chi connectivity index (χ3n) is 5.57. The van der Waals surface area contributed by atoms with Crippen molar-refractivity contribution in [1.82, 2.24) is 14.9 Å². The summed E-state index contributed by atoms with van der Waals surface area (Å²) >= 11 is 1.41. The molecule has 0 unspecified atom stereocenters. The van der Waals surface area contributed by atoms with Gasteiger partial charge in [0.05, 0.1) is 33.6 Å². The Morgan fingerprint density at radius 3 is 2.36 bits per heavy atom. The number of amides is 3. The molecule has 3 heterocycles. The van der Waals surface area contributed by atoms with Gasteiger partial charge in [0.15, 0.2) is 5.13 Å². The van der Waals surface area contributed by atoms with Gasteiger partial charge in [0.1, 0.15) is 6.54 Å². The number of anilines is 1. The van der Waals surface area contributed by atoms with Crippen molar-refractivity contribution in [2.45, 2.75) is 20.4 Å². The number of benzene rings is 2. The second kappa shape index (κ2) is 8.22. The Morgan fingerprint density at radius 2 is 1.70 bits per heavy atom. The number of aryl methyl sites for hydroxylation is 2. The Bertz CT molecular complexity index is 1380. The molecule has 3 amide bonds. The third-order valence-corrected chi connectivity index (χ3v) is 6.59. The van der Waals surface area contributed by atoms with Crippen LogP contribution in [0.15, 0.2) is 60.8 Å². The largest absolute Gasteiger partial charge is 0.280 e. The number of nitrogens with zero attached hydrogens (tertiary/aromatic N) is 4. The standard InChI is InChI=1S/C25H20N4O3S/c1-15-11-16(2)22-20(12-15)33-25(27-22)28(13-17-7-5-6-10-26-17)21(30)14-29-23(31)18-8-3-4-9-19(18)24(29)32/h3-12H,13-14H2,1-2H3. The predicted molar refractivity (Wildman–Crippen MR) is 126 cm³/mol. The van der Waals surface area contributed by atoms with E-state index in [1.54, 1.807) is 36.5 Å². The van der Waals surface area contributed by atoms with E-state index in [1.165, 1.54) is 16.2 Å². The van der Waals surface area contributed by atoms with Gasteiger partial charge in [0.25, 0.3) is 11.8 Å². The molecule has 33 heavy (non-hydrogen) atoms. The van der Waals surface area contributed by atoms with E-state index < -0.39 is 17.7 Å². The molecule has 4 aromatic rings. The minimum Gasteiger partial charge on any atom is -0.280 e. The minimum atomic E-state index is -0.461. The lowest BCUT2D eigenvalue weighted by molar-refractivity contribution is -0.119. The maximum Gasteiger partial charge on any atom is 0.262 e. The monoisotopic (exact) mass is 456 g/mol. The summed E-state index contributed by atoms with van der Waals surface area (Å²) in [6.45, 7) is 3.82. The van der Waals surface area contributed by atoms with Gasteiger partial charge in [-0.05, 0) is 55.3 Å². The number of aromatic nitrogens is 2. The van der Waals surface area contributed by atoms with Crippen molar-refractivity contribution in [3.63, 3.8) is 0 Å². The lowest BCUT2D eigenvalue weighted by Gasteiger charge is -2.22. The molecule has 1 aliphatic heterocycles. The Morgan fingerprint density at radius 1 is 1.00 bits per heavy atom. The summed E-state index contributed by atoms with van der Waals surface area (Å²) in [5.74, 6) is -1.32. The molecular formula is C25H20N4O3S. The molecule has 0 fully saturated rings. The molecule has 5 rings (SSSR count). The topological polar surface area (TPSA) is 83.5 Å². The van der Waals surface area contributed by atoms with Gasteiger partial charge in [-0.15, -0.1) is 0 Å². The SMILES string of the molecule is Cc1cc(C)c2nc(N(Cc3ccccn3)C(=O)CN3C(=O)c4ccccc4C3=O)sc2c1. The van der Waals surface area contributed by atoms with Crippen LogP contribution in [0, 0.1) is 13.8 Å². The molecule has 7 nitrogen and oxygen atoms in total. The minimum absolute atomic E-state index is 0.181. The Balaban J connectivity index is 1.50. The van der Waals surface area contributed by atoms with Gasteiger partial charge in [0.2, 0.25) is 5.91 Å². The molecule has 2 aromatic carbocycles. The molecule has 2 aromatic heterocycles. The number of carbonyl (C=O) groups excluding carboxylic acids is 3. The van der Waals surface area contributed by atoms with E-state index in [2.05, 4.69) is 11.1 Å². The quantitative estimate of drug-likeness (QED) is 0.422. The van der Waals surface area contributed by atoms with Crippen molar-refractivity contribution in [3.05, 3.63) is 88.7 Å². The highest BCUT2D eigenvalue weighted by Gasteiger charge is 2.37. The van der Waals surface area contributed by atoms with E-state index in [-0.39, 0.29) is 13.1 Å². The fraction of sp³-hybridized carbons (Fsp3) is 0.160. The maximum absolute atomic E-state index is 13.5. The van der Waals surface area contributed by atoms with Crippen LogP contribution in [0.4, 0.5) is 5.13 Å². The lowest BCUT2D eigenvalue weighted by Crippen LogP contribution is -2.42. The predicted octanol–water partition coefficient (Wildman–Crippen LogP) is 4.14. The smallest absolute Gasteiger partial charge is 0.262 e. The first kappa shape index (κ1) is 21.0. The van der Waals surface area contributed by atoms with Gasteiger partial charge >= 0.3 is 0 Å². The summed E-state index contributed by atoms with van der Waals surface area (Å²) in [4.78, 5) is 50.7. The van der Waals surface area contributed by atoms with Crippen molar-refractivity contribution >= 4 is 44.4 Å². The van der Waals surface area contributed by atoms with Crippen LogP contribution in [-0.2, 0) is 11.3 Å². The zero-order chi connectivity index (χ0) is 23.1. The Kier molecular flexibility index (Phi) is 5.22. The molecule has 8 heteroatoms. The zero-order valence-corrected chi connectivity index (χ0v) is 18.9. The number of carbonyl (C=O) groups is 3. The summed E-state index contributed by atoms with van der Waals surface area (Å²) in [6.07, 6.45) is 1.66. The first-order valence-corrected chi connectivity index (χ1v) is 11.3. The molecular weight excluding hydrogens is 436 g/mol. The number of thiazole rings is 1. The summed E-state index contributed by atoms with van der Waals surface area (Å²) in [7, 11) is 0. The average Bonchev–Trinajstić information content (AvgIpc) is 3.33. The molecule has 0 radical (unpaired) electrons. The number of hydrogen-bond acceptors (Lipinski definition) is 6. The molecule has 0 N–H and O–H groups in total. The summed E-state index contributed by atoms with van der Waals surface area (Å²) < 4.78 is 0.974. The van der Waals surface area contributed by atoms with E-state index in [1.807, 2.05) is 32.0 Å². The van der Waals surface area contributed by atoms with Crippen LogP contribution in [0.1, 0.15) is 37.5 Å². The molecule has 0 spiro atoms. The zero-order valence-electron chi connectivity index (χ0n) is 18.1. The van der Waals surface area contributed by atoms with Crippen LogP contribution in [0.25, 0.3) is 10.2 Å². The molecule has 164 valence electrons. The molecule has 0 saturated carbocycles. The molecule has 1 aliphatic rings. The summed E-state index contributed by atoms with van der Waals surface area (Å²) in [6, 6.07) is 16.2. The van der Waals surface area contributed by atoms with E-state index in [4.69, 9.17) is 4.98 Å². The van der Waals surface area contributed by atoms with Gasteiger partial charge in [-0.2, -0.15) is 0 Å². The van der Waals surface area contributed by atoms with Gasteiger partial charge in [-0.1, -0.05) is 35.6 Å². The van der Waals surface area contributed by atoms with Gasteiger partial charge < -0.3 is 0 Å². The normalized spacial score (nSPS) is 13.0. The Labute approximate surface area is 194 Å². The van der Waals surface area contributed by atoms with Gasteiger partial charge in [-0.25, -0.2) is 4.98 Å². The summed E-state index contributed by atoms with van der Waals surface area (Å²) in [5, 5.41) is 0.506. The molecule has 0 saturated heterocycles. The highest BCUT2D eigenvalue weighted by molar-refractivity contribution is 7.22. The van der Waals surface area contributed by atoms with Crippen molar-refractivity contribution in [2.24, 2.45) is 0 Å². The molecule has 0 bridgehead atoms. The van der Waals surface area contributed by atoms with E-state index in [9.17, 15) is 14.4 Å². The maximum atomic E-state index is 13.5. The number of fused-ring (bicyclic) bond motifs is 2. The van der Waals surface area contributed by atoms with Crippen molar-refractivity contribution in [2.75, 3.05) is 11.4 Å². The molecule has 0 atom stereocenters. The van der Waals surface area contributed by atoms with Gasteiger partial charge in [0, 0.05) is 6.20 Å². The van der Waals surface area contributed by atoms with E-state index in [0.29, 0.717) is 22.0 Å². The van der Waals surface area contributed by atoms with Crippen LogP contribution < -0.4 is 4.90 Å². The molecule has 0 aliphatic carbocycles. The van der Waals surface area contributed by atoms with Crippen LogP contribution >= 0.6 is 11.3 Å². The fourth-order valence-corrected chi connectivity index (χ4v) is 5.15. The van der Waals surface area contributed by atoms with Crippen molar-refractivity contribution in [1.29, 1.82) is 0 Å². The van der Waals surface area contributed by atoms with Crippen LogP contribution in [-0.4, -0.2) is 39.1 Å². The Hall–Kier alpha value is -3.91. The van der Waals surface area contributed by atoms with Crippen LogP contribution in [0.5, 0.6) is 0 Å². The number of rotatable bonds is 5.